The van der Waals surface area contributed by atoms with Crippen LogP contribution < -0.4 is 0 Å². The molecule has 1 atom stereocenters. The van der Waals surface area contributed by atoms with Crippen molar-refractivity contribution in [3.63, 3.8) is 0 Å². The summed E-state index contributed by atoms with van der Waals surface area (Å²) < 4.78 is 3.88. The van der Waals surface area contributed by atoms with Crippen molar-refractivity contribution >= 4 is 5.78 Å². The quantitative estimate of drug-likeness (QED) is 0.465. The summed E-state index contributed by atoms with van der Waals surface area (Å²) in [6.45, 7) is 2.77. The van der Waals surface area contributed by atoms with Crippen LogP contribution in [0.5, 0.6) is 0 Å². The molecule has 1 aliphatic heterocycles. The van der Waals surface area contributed by atoms with Crippen LogP contribution in [0.25, 0.3) is 22.5 Å². The van der Waals surface area contributed by atoms with Gasteiger partial charge in [-0.1, -0.05) is 30.3 Å². The first-order chi connectivity index (χ1) is 15.1. The highest BCUT2D eigenvalue weighted by Gasteiger charge is 2.26. The third-order valence-electron chi connectivity index (χ3n) is 5.89. The van der Waals surface area contributed by atoms with Gasteiger partial charge in [-0.05, 0) is 19.3 Å². The van der Waals surface area contributed by atoms with Gasteiger partial charge in [0.15, 0.2) is 5.78 Å². The van der Waals surface area contributed by atoms with Gasteiger partial charge >= 0.3 is 0 Å². The summed E-state index contributed by atoms with van der Waals surface area (Å²) in [7, 11) is 1.81. The second-order valence-electron chi connectivity index (χ2n) is 8.16. The second-order valence-corrected chi connectivity index (χ2v) is 8.16. The van der Waals surface area contributed by atoms with Gasteiger partial charge in [0.25, 0.3) is 0 Å². The summed E-state index contributed by atoms with van der Waals surface area (Å²) in [5, 5.41) is 4.32. The fourth-order valence-electron chi connectivity index (χ4n) is 4.32. The van der Waals surface area contributed by atoms with Crippen LogP contribution in [0.15, 0.2) is 55.1 Å². The minimum atomic E-state index is 0.0894. The zero-order valence-electron chi connectivity index (χ0n) is 17.7. The van der Waals surface area contributed by atoms with Gasteiger partial charge in [-0.25, -0.2) is 9.97 Å². The number of hydrogen-bond donors (Lipinski definition) is 0. The summed E-state index contributed by atoms with van der Waals surface area (Å²) >= 11 is 0. The number of Topliss-reactive ketones (excluding diaryl/α,β-unsaturated/α-hetero) is 1. The van der Waals surface area contributed by atoms with Crippen LogP contribution in [0.4, 0.5) is 0 Å². The molecule has 0 fully saturated rings. The van der Waals surface area contributed by atoms with E-state index in [4.69, 9.17) is 4.98 Å². The number of imidazole rings is 1. The number of hydrogen-bond acceptors (Lipinski definition) is 5. The molecule has 7 nitrogen and oxygen atoms in total. The number of carbonyl (C=O) groups is 1. The Kier molecular flexibility index (Phi) is 4.94. The maximum absolute atomic E-state index is 13.3. The molecule has 3 aromatic heterocycles. The number of ketones is 1. The summed E-state index contributed by atoms with van der Waals surface area (Å²) in [5.74, 6) is 1.40. The van der Waals surface area contributed by atoms with Crippen LogP contribution in [-0.4, -0.2) is 35.1 Å². The van der Waals surface area contributed by atoms with E-state index in [1.165, 1.54) is 0 Å². The number of aryl methyl sites for hydroxylation is 3. The predicted molar refractivity (Wildman–Crippen MR) is 117 cm³/mol. The number of carbonyl (C=O) groups excluding carboxylic acids is 1. The molecule has 0 saturated carbocycles. The van der Waals surface area contributed by atoms with Crippen LogP contribution in [0.1, 0.15) is 34.8 Å². The highest BCUT2D eigenvalue weighted by molar-refractivity contribution is 6.00. The number of fused-ring (bicyclic) bond motifs is 1. The minimum absolute atomic E-state index is 0.0894. The lowest BCUT2D eigenvalue weighted by Crippen LogP contribution is -2.22. The van der Waals surface area contributed by atoms with Gasteiger partial charge in [-0.2, -0.15) is 5.10 Å². The molecule has 1 unspecified atom stereocenters. The van der Waals surface area contributed by atoms with Crippen LogP contribution in [0.2, 0.25) is 0 Å². The van der Waals surface area contributed by atoms with E-state index in [9.17, 15) is 4.79 Å². The number of rotatable bonds is 5. The Labute approximate surface area is 180 Å². The molecule has 156 valence electrons. The normalized spacial score (nSPS) is 15.6. The Morgan fingerprint density at radius 1 is 1.10 bits per heavy atom. The largest absolute Gasteiger partial charge is 0.334 e. The van der Waals surface area contributed by atoms with E-state index in [0.29, 0.717) is 17.8 Å². The van der Waals surface area contributed by atoms with Crippen LogP contribution in [0.3, 0.4) is 0 Å². The smallest absolute Gasteiger partial charge is 0.181 e. The van der Waals surface area contributed by atoms with Gasteiger partial charge in [0, 0.05) is 44.4 Å². The predicted octanol–water partition coefficient (Wildman–Crippen LogP) is 3.88. The summed E-state index contributed by atoms with van der Waals surface area (Å²) in [4.78, 5) is 26.9. The molecule has 0 amide bonds. The molecule has 31 heavy (non-hydrogen) atoms. The van der Waals surface area contributed by atoms with E-state index < -0.39 is 0 Å². The fourth-order valence-corrected chi connectivity index (χ4v) is 4.32. The maximum atomic E-state index is 13.3. The Balaban J connectivity index is 1.35. The van der Waals surface area contributed by atoms with E-state index in [1.54, 1.807) is 30.3 Å². The zero-order valence-corrected chi connectivity index (χ0v) is 17.7. The van der Waals surface area contributed by atoms with Crippen molar-refractivity contribution in [1.82, 2.24) is 29.3 Å². The van der Waals surface area contributed by atoms with Gasteiger partial charge in [0.05, 0.1) is 35.0 Å². The SMILES string of the molecule is Cc1cncc(-c2cnn(C)c2C(=O)CC2CCn3cc(-c4ccccc4)nc3C2)n1. The van der Waals surface area contributed by atoms with Crippen LogP contribution >= 0.6 is 0 Å². The molecule has 4 heterocycles. The molecular formula is C24H24N6O. The molecule has 0 radical (unpaired) electrons. The third kappa shape index (κ3) is 3.79. The van der Waals surface area contributed by atoms with Gasteiger partial charge in [0.2, 0.25) is 0 Å². The lowest BCUT2D eigenvalue weighted by atomic mass is 9.91. The van der Waals surface area contributed by atoms with Crippen molar-refractivity contribution in [2.75, 3.05) is 0 Å². The standard InChI is InChI=1S/C24H24N6O/c1-16-12-25-14-20(27-16)19-13-26-29(2)24(19)22(31)10-17-8-9-30-15-21(28-23(30)11-17)18-6-4-3-5-7-18/h3-7,12-15,17H,8-11H2,1-2H3. The monoisotopic (exact) mass is 412 g/mol. The molecule has 0 spiro atoms. The molecule has 1 aliphatic rings. The highest BCUT2D eigenvalue weighted by atomic mass is 16.1. The van der Waals surface area contributed by atoms with Gasteiger partial charge < -0.3 is 4.57 Å². The van der Waals surface area contributed by atoms with E-state index >= 15 is 0 Å². The number of aromatic nitrogens is 6. The highest BCUT2D eigenvalue weighted by Crippen LogP contribution is 2.29. The first-order valence-electron chi connectivity index (χ1n) is 10.5. The topological polar surface area (TPSA) is 78.5 Å². The van der Waals surface area contributed by atoms with Crippen molar-refractivity contribution in [1.29, 1.82) is 0 Å². The molecule has 0 N–H and O–H groups in total. The average molecular weight is 412 g/mol. The molecule has 5 rings (SSSR count). The van der Waals surface area contributed by atoms with Gasteiger partial charge in [-0.15, -0.1) is 0 Å². The van der Waals surface area contributed by atoms with Gasteiger partial charge in [-0.3, -0.25) is 14.5 Å². The first-order valence-corrected chi connectivity index (χ1v) is 10.5. The van der Waals surface area contributed by atoms with Gasteiger partial charge in [0.1, 0.15) is 11.5 Å². The average Bonchev–Trinajstić information content (AvgIpc) is 3.37. The summed E-state index contributed by atoms with van der Waals surface area (Å²) in [5.41, 5.74) is 4.95. The van der Waals surface area contributed by atoms with E-state index in [0.717, 1.165) is 47.7 Å². The van der Waals surface area contributed by atoms with E-state index in [2.05, 4.69) is 38.0 Å². The Morgan fingerprint density at radius 2 is 1.94 bits per heavy atom. The molecule has 7 heteroatoms. The zero-order chi connectivity index (χ0) is 21.4. The van der Waals surface area contributed by atoms with Crippen molar-refractivity contribution in [2.24, 2.45) is 13.0 Å². The minimum Gasteiger partial charge on any atom is -0.334 e. The van der Waals surface area contributed by atoms with Crippen LogP contribution in [-0.2, 0) is 20.0 Å². The lowest BCUT2D eigenvalue weighted by molar-refractivity contribution is 0.0945. The number of benzene rings is 1. The van der Waals surface area contributed by atoms with Crippen LogP contribution in [0, 0.1) is 12.8 Å². The molecule has 4 aromatic rings. The fraction of sp³-hybridized carbons (Fsp3) is 0.292. The Morgan fingerprint density at radius 3 is 2.74 bits per heavy atom. The molecule has 0 saturated heterocycles. The summed E-state index contributed by atoms with van der Waals surface area (Å²) in [6.07, 6.45) is 9.45. The molecule has 0 aliphatic carbocycles. The van der Waals surface area contributed by atoms with E-state index in [1.807, 2.05) is 25.1 Å². The molecule has 1 aromatic carbocycles. The maximum Gasteiger partial charge on any atom is 0.181 e. The Bertz CT molecular complexity index is 1240. The lowest BCUT2D eigenvalue weighted by Gasteiger charge is -2.22. The van der Waals surface area contributed by atoms with Crippen molar-refractivity contribution in [3.05, 3.63) is 72.3 Å². The first kappa shape index (κ1) is 19.4. The molecule has 0 bridgehead atoms. The molecular weight excluding hydrogens is 388 g/mol. The van der Waals surface area contributed by atoms with Crippen molar-refractivity contribution in [3.8, 4) is 22.5 Å². The van der Waals surface area contributed by atoms with Crippen molar-refractivity contribution in [2.45, 2.75) is 32.7 Å². The number of nitrogens with zero attached hydrogens (tertiary/aromatic N) is 6. The van der Waals surface area contributed by atoms with E-state index in [-0.39, 0.29) is 11.7 Å². The Hall–Kier alpha value is -3.61. The van der Waals surface area contributed by atoms with Crippen molar-refractivity contribution < 1.29 is 4.79 Å². The second kappa shape index (κ2) is 7.91. The summed E-state index contributed by atoms with van der Waals surface area (Å²) in [6, 6.07) is 10.2. The third-order valence-corrected chi connectivity index (χ3v) is 5.89.